The minimum absolute atomic E-state index is 0.142. The highest BCUT2D eigenvalue weighted by Gasteiger charge is 2.20. The number of morpholine rings is 1. The molecular weight excluding hydrogens is 130 g/mol. The Morgan fingerprint density at radius 3 is 2.80 bits per heavy atom. The van der Waals surface area contributed by atoms with Crippen LogP contribution in [0.4, 0.5) is 0 Å². The lowest BCUT2D eigenvalue weighted by Crippen LogP contribution is -2.46. The summed E-state index contributed by atoms with van der Waals surface area (Å²) in [6, 6.07) is 0.345. The van der Waals surface area contributed by atoms with Crippen molar-refractivity contribution < 1.29 is 9.53 Å². The molecule has 1 N–H and O–H groups in total. The van der Waals surface area contributed by atoms with E-state index < -0.39 is 0 Å². The average molecular weight is 143 g/mol. The van der Waals surface area contributed by atoms with Gasteiger partial charge < -0.3 is 10.1 Å². The topological polar surface area (TPSA) is 38.3 Å². The summed E-state index contributed by atoms with van der Waals surface area (Å²) < 4.78 is 4.85. The predicted molar refractivity (Wildman–Crippen MR) is 37.6 cm³/mol. The van der Waals surface area contributed by atoms with Crippen LogP contribution in [-0.2, 0) is 9.53 Å². The van der Waals surface area contributed by atoms with Gasteiger partial charge >= 0.3 is 5.97 Å². The monoisotopic (exact) mass is 143 g/mol. The molecule has 0 bridgehead atoms. The fourth-order valence-electron chi connectivity index (χ4n) is 0.935. The van der Waals surface area contributed by atoms with Gasteiger partial charge in [-0.2, -0.15) is 0 Å². The minimum atomic E-state index is -0.142. The van der Waals surface area contributed by atoms with Gasteiger partial charge in [-0.3, -0.25) is 4.79 Å². The number of carbonyl (C=O) groups excluding carboxylic acids is 1. The molecule has 1 rings (SSSR count). The number of nitrogens with one attached hydrogen (secondary N) is 1. The van der Waals surface area contributed by atoms with Crippen LogP contribution in [-0.4, -0.2) is 25.2 Å². The van der Waals surface area contributed by atoms with Gasteiger partial charge in [-0.1, -0.05) is 13.8 Å². The molecule has 0 radical (unpaired) electrons. The summed E-state index contributed by atoms with van der Waals surface area (Å²) in [6.45, 7) is 5.10. The van der Waals surface area contributed by atoms with Crippen molar-refractivity contribution in [1.29, 1.82) is 0 Å². The Kier molecular flexibility index (Phi) is 2.27. The molecule has 1 fully saturated rings. The molecule has 1 aliphatic heterocycles. The summed E-state index contributed by atoms with van der Waals surface area (Å²) in [4.78, 5) is 10.5. The van der Waals surface area contributed by atoms with Crippen LogP contribution in [0, 0.1) is 5.92 Å². The van der Waals surface area contributed by atoms with Crippen LogP contribution in [0.1, 0.15) is 13.8 Å². The molecule has 0 aliphatic carbocycles. The van der Waals surface area contributed by atoms with E-state index in [1.807, 2.05) is 0 Å². The zero-order valence-corrected chi connectivity index (χ0v) is 6.39. The highest BCUT2D eigenvalue weighted by Crippen LogP contribution is 2.04. The normalized spacial score (nSPS) is 26.7. The molecule has 1 saturated heterocycles. The first-order valence-corrected chi connectivity index (χ1v) is 3.59. The van der Waals surface area contributed by atoms with Crippen molar-refractivity contribution in [2.75, 3.05) is 13.2 Å². The van der Waals surface area contributed by atoms with Gasteiger partial charge in [0.05, 0.1) is 6.54 Å². The third-order valence-corrected chi connectivity index (χ3v) is 1.74. The van der Waals surface area contributed by atoms with E-state index in [-0.39, 0.29) is 5.97 Å². The molecule has 1 heterocycles. The molecule has 0 spiro atoms. The quantitative estimate of drug-likeness (QED) is 0.531. The van der Waals surface area contributed by atoms with Crippen LogP contribution in [0.2, 0.25) is 0 Å². The number of hydrogen-bond donors (Lipinski definition) is 1. The third-order valence-electron chi connectivity index (χ3n) is 1.74. The molecule has 0 saturated carbocycles. The fourth-order valence-corrected chi connectivity index (χ4v) is 0.935. The van der Waals surface area contributed by atoms with Crippen LogP contribution in [0.5, 0.6) is 0 Å². The van der Waals surface area contributed by atoms with E-state index >= 15 is 0 Å². The molecule has 1 aliphatic rings. The van der Waals surface area contributed by atoms with Crippen molar-refractivity contribution in [2.45, 2.75) is 19.9 Å². The lowest BCUT2D eigenvalue weighted by atomic mass is 10.1. The van der Waals surface area contributed by atoms with Gasteiger partial charge in [0.1, 0.15) is 6.61 Å². The predicted octanol–water partition coefficient (Wildman–Crippen LogP) is 0.157. The van der Waals surface area contributed by atoms with Gasteiger partial charge in [0, 0.05) is 6.04 Å². The lowest BCUT2D eigenvalue weighted by molar-refractivity contribution is -0.147. The molecule has 0 aromatic carbocycles. The lowest BCUT2D eigenvalue weighted by Gasteiger charge is -2.25. The van der Waals surface area contributed by atoms with Crippen molar-refractivity contribution in [1.82, 2.24) is 5.32 Å². The first kappa shape index (κ1) is 7.54. The first-order valence-electron chi connectivity index (χ1n) is 3.59. The summed E-state index contributed by atoms with van der Waals surface area (Å²) in [5.41, 5.74) is 0. The summed E-state index contributed by atoms with van der Waals surface area (Å²) >= 11 is 0. The summed E-state index contributed by atoms with van der Waals surface area (Å²) in [7, 11) is 0. The number of hydrogen-bond acceptors (Lipinski definition) is 3. The minimum Gasteiger partial charge on any atom is -0.463 e. The number of carbonyl (C=O) groups is 1. The molecule has 1 atom stereocenters. The smallest absolute Gasteiger partial charge is 0.319 e. The largest absolute Gasteiger partial charge is 0.463 e. The van der Waals surface area contributed by atoms with Crippen LogP contribution >= 0.6 is 0 Å². The molecule has 0 aromatic rings. The number of ether oxygens (including phenoxy) is 1. The molecule has 3 heteroatoms. The Bertz CT molecular complexity index is 124. The Balaban J connectivity index is 2.33. The Labute approximate surface area is 60.7 Å². The Hall–Kier alpha value is -0.570. The van der Waals surface area contributed by atoms with E-state index in [2.05, 4.69) is 19.2 Å². The van der Waals surface area contributed by atoms with Crippen LogP contribution < -0.4 is 5.32 Å². The van der Waals surface area contributed by atoms with Crippen LogP contribution in [0.15, 0.2) is 0 Å². The van der Waals surface area contributed by atoms with Gasteiger partial charge in [-0.05, 0) is 5.92 Å². The summed E-state index contributed by atoms with van der Waals surface area (Å²) in [6.07, 6.45) is 0. The SMILES string of the molecule is CC(C)[C@H]1COC(=O)CN1. The molecule has 58 valence electrons. The van der Waals surface area contributed by atoms with Crippen LogP contribution in [0.25, 0.3) is 0 Å². The highest BCUT2D eigenvalue weighted by molar-refractivity contribution is 5.72. The number of cyclic esters (lactones) is 1. The van der Waals surface area contributed by atoms with Gasteiger partial charge in [0.15, 0.2) is 0 Å². The first-order chi connectivity index (χ1) is 4.70. The van der Waals surface area contributed by atoms with Crippen molar-refractivity contribution in [3.63, 3.8) is 0 Å². The maximum Gasteiger partial charge on any atom is 0.319 e. The van der Waals surface area contributed by atoms with E-state index in [0.717, 1.165) is 0 Å². The standard InChI is InChI=1S/C7H13NO2/c1-5(2)6-4-10-7(9)3-8-6/h5-6,8H,3-4H2,1-2H3/t6-/m1/s1. The van der Waals surface area contributed by atoms with E-state index in [0.29, 0.717) is 25.1 Å². The fraction of sp³-hybridized carbons (Fsp3) is 0.857. The van der Waals surface area contributed by atoms with E-state index in [1.165, 1.54) is 0 Å². The number of rotatable bonds is 1. The maximum atomic E-state index is 10.5. The average Bonchev–Trinajstić information content (AvgIpc) is 1.88. The zero-order valence-electron chi connectivity index (χ0n) is 6.39. The van der Waals surface area contributed by atoms with E-state index in [4.69, 9.17) is 4.74 Å². The second kappa shape index (κ2) is 3.01. The second-order valence-corrected chi connectivity index (χ2v) is 2.91. The van der Waals surface area contributed by atoms with Gasteiger partial charge in [-0.25, -0.2) is 0 Å². The van der Waals surface area contributed by atoms with E-state index in [9.17, 15) is 4.79 Å². The molecular formula is C7H13NO2. The Morgan fingerprint density at radius 2 is 2.40 bits per heavy atom. The van der Waals surface area contributed by atoms with Gasteiger partial charge in [0.25, 0.3) is 0 Å². The molecule has 0 amide bonds. The Morgan fingerprint density at radius 1 is 1.70 bits per heavy atom. The summed E-state index contributed by atoms with van der Waals surface area (Å²) in [5.74, 6) is 0.394. The van der Waals surface area contributed by atoms with Crippen molar-refractivity contribution in [2.24, 2.45) is 5.92 Å². The highest BCUT2D eigenvalue weighted by atomic mass is 16.5. The van der Waals surface area contributed by atoms with Gasteiger partial charge in [0.2, 0.25) is 0 Å². The van der Waals surface area contributed by atoms with Crippen molar-refractivity contribution >= 4 is 5.97 Å². The van der Waals surface area contributed by atoms with Crippen molar-refractivity contribution in [3.05, 3.63) is 0 Å². The summed E-state index contributed by atoms with van der Waals surface area (Å²) in [5, 5.41) is 3.09. The second-order valence-electron chi connectivity index (χ2n) is 2.91. The van der Waals surface area contributed by atoms with Crippen molar-refractivity contribution in [3.8, 4) is 0 Å². The van der Waals surface area contributed by atoms with Crippen LogP contribution in [0.3, 0.4) is 0 Å². The maximum absolute atomic E-state index is 10.5. The third kappa shape index (κ3) is 1.70. The van der Waals surface area contributed by atoms with E-state index in [1.54, 1.807) is 0 Å². The van der Waals surface area contributed by atoms with Gasteiger partial charge in [-0.15, -0.1) is 0 Å². The molecule has 3 nitrogen and oxygen atoms in total. The number of esters is 1. The molecule has 0 unspecified atom stereocenters. The molecule has 0 aromatic heterocycles. The zero-order chi connectivity index (χ0) is 7.56. The molecule has 10 heavy (non-hydrogen) atoms.